The minimum absolute atomic E-state index is 0.00114. The molecule has 0 fully saturated rings. The van der Waals surface area contributed by atoms with Crippen LogP contribution in [0.2, 0.25) is 0 Å². The summed E-state index contributed by atoms with van der Waals surface area (Å²) in [7, 11) is 0. The van der Waals surface area contributed by atoms with Gasteiger partial charge in [-0.15, -0.1) is 0 Å². The van der Waals surface area contributed by atoms with Crippen molar-refractivity contribution < 1.29 is 14.0 Å². The smallest absolute Gasteiger partial charge is 0.220 e. The highest BCUT2D eigenvalue weighted by Crippen LogP contribution is 2.33. The molecule has 3 aromatic heterocycles. The predicted molar refractivity (Wildman–Crippen MR) is 99.1 cm³/mol. The first-order chi connectivity index (χ1) is 13.3. The number of hydrogen-bond donors (Lipinski definition) is 2. The van der Waals surface area contributed by atoms with Gasteiger partial charge in [0.25, 0.3) is 0 Å². The summed E-state index contributed by atoms with van der Waals surface area (Å²) in [5.74, 6) is 5.62. The van der Waals surface area contributed by atoms with Crippen LogP contribution in [0.15, 0.2) is 35.1 Å². The minimum Gasteiger partial charge on any atom is -0.372 e. The van der Waals surface area contributed by atoms with E-state index in [-0.39, 0.29) is 11.6 Å². The van der Waals surface area contributed by atoms with Gasteiger partial charge in [-0.2, -0.15) is 0 Å². The number of fused-ring (bicyclic) bond motifs is 1. The average molecular weight is 377 g/mol. The Balaban J connectivity index is 1.69. The van der Waals surface area contributed by atoms with Crippen LogP contribution in [-0.2, 0) is 12.0 Å². The van der Waals surface area contributed by atoms with Crippen molar-refractivity contribution in [1.82, 2.24) is 20.1 Å². The lowest BCUT2D eigenvalue weighted by atomic mass is 10.0. The summed E-state index contributed by atoms with van der Waals surface area (Å²) in [5, 5.41) is 14.3. The number of nitrogen functional groups attached to an aromatic ring is 1. The maximum Gasteiger partial charge on any atom is 0.220 e. The third-order valence-electron chi connectivity index (χ3n) is 4.38. The summed E-state index contributed by atoms with van der Waals surface area (Å²) in [4.78, 5) is 12.0. The zero-order valence-electron chi connectivity index (χ0n) is 15.2. The molecule has 0 aliphatic heterocycles. The molecule has 1 unspecified atom stereocenters. The second-order valence-corrected chi connectivity index (χ2v) is 6.62. The summed E-state index contributed by atoms with van der Waals surface area (Å²) in [5.41, 5.74) is 7.31. The van der Waals surface area contributed by atoms with Crippen molar-refractivity contribution >= 4 is 11.5 Å². The van der Waals surface area contributed by atoms with Crippen molar-refractivity contribution in [2.75, 3.05) is 5.73 Å². The van der Waals surface area contributed by atoms with Gasteiger partial charge in [0, 0.05) is 17.8 Å². The molecule has 0 saturated heterocycles. The van der Waals surface area contributed by atoms with Gasteiger partial charge in [-0.25, -0.2) is 19.3 Å². The molecule has 0 amide bonds. The maximum atomic E-state index is 14.2. The van der Waals surface area contributed by atoms with E-state index in [4.69, 9.17) is 10.3 Å². The first kappa shape index (κ1) is 17.8. The first-order valence-electron chi connectivity index (χ1n) is 8.50. The molecular weight excluding hydrogens is 361 g/mol. The second-order valence-electron chi connectivity index (χ2n) is 6.62. The van der Waals surface area contributed by atoms with Crippen LogP contribution >= 0.6 is 0 Å². The van der Waals surface area contributed by atoms with Gasteiger partial charge < -0.3 is 15.4 Å². The van der Waals surface area contributed by atoms with Crippen molar-refractivity contribution in [1.29, 1.82) is 0 Å². The number of halogens is 1. The molecule has 1 aliphatic carbocycles. The molecular formula is C20H16FN5O2. The largest absolute Gasteiger partial charge is 0.372 e. The van der Waals surface area contributed by atoms with E-state index in [1.165, 1.54) is 6.92 Å². The third kappa shape index (κ3) is 3.23. The van der Waals surface area contributed by atoms with Crippen LogP contribution < -0.4 is 5.73 Å². The van der Waals surface area contributed by atoms with Crippen molar-refractivity contribution in [3.05, 3.63) is 70.4 Å². The van der Waals surface area contributed by atoms with E-state index in [9.17, 15) is 9.50 Å². The van der Waals surface area contributed by atoms with E-state index in [0.717, 1.165) is 17.3 Å². The number of aliphatic hydroxyl groups is 1. The molecule has 4 rings (SSSR count). The van der Waals surface area contributed by atoms with Gasteiger partial charge in [-0.1, -0.05) is 17.2 Å². The van der Waals surface area contributed by atoms with Crippen LogP contribution in [0.4, 0.5) is 10.3 Å². The number of anilines is 1. The van der Waals surface area contributed by atoms with E-state index in [0.29, 0.717) is 29.1 Å². The summed E-state index contributed by atoms with van der Waals surface area (Å²) in [6, 6.07) is 3.36. The molecule has 3 heterocycles. The Morgan fingerprint density at radius 3 is 2.86 bits per heavy atom. The fourth-order valence-electron chi connectivity index (χ4n) is 2.93. The summed E-state index contributed by atoms with van der Waals surface area (Å²) < 4.78 is 19.2. The molecule has 0 saturated carbocycles. The highest BCUT2D eigenvalue weighted by molar-refractivity contribution is 5.83. The standard InChI is InChI=1S/C20H16FN5O2/c1-11-7-17(26-28-11)20(2,27)6-5-13-8-15-12(9-23-13)3-4-14(15)18-16(21)10-24-19(22)25-18/h4,7-10,27H,3H2,1-2H3,(H2,22,24,25). The number of allylic oxidation sites excluding steroid dienone is 1. The van der Waals surface area contributed by atoms with E-state index < -0.39 is 11.4 Å². The van der Waals surface area contributed by atoms with Gasteiger partial charge in [-0.3, -0.25) is 0 Å². The van der Waals surface area contributed by atoms with Crippen LogP contribution in [0.3, 0.4) is 0 Å². The minimum atomic E-state index is -1.50. The van der Waals surface area contributed by atoms with Crippen LogP contribution in [0.25, 0.3) is 5.57 Å². The van der Waals surface area contributed by atoms with E-state index in [2.05, 4.69) is 31.9 Å². The summed E-state index contributed by atoms with van der Waals surface area (Å²) in [6.07, 6.45) is 5.20. The van der Waals surface area contributed by atoms with Gasteiger partial charge in [0.05, 0.1) is 6.20 Å². The van der Waals surface area contributed by atoms with Gasteiger partial charge in [-0.05, 0) is 43.4 Å². The molecule has 140 valence electrons. The van der Waals surface area contributed by atoms with Gasteiger partial charge >= 0.3 is 0 Å². The third-order valence-corrected chi connectivity index (χ3v) is 4.38. The first-order valence-corrected chi connectivity index (χ1v) is 8.50. The van der Waals surface area contributed by atoms with Gasteiger partial charge in [0.15, 0.2) is 11.4 Å². The van der Waals surface area contributed by atoms with Crippen molar-refractivity contribution in [2.45, 2.75) is 25.9 Å². The van der Waals surface area contributed by atoms with Gasteiger partial charge in [0.2, 0.25) is 5.95 Å². The fraction of sp³-hybridized carbons (Fsp3) is 0.200. The van der Waals surface area contributed by atoms with E-state index in [1.807, 2.05) is 6.08 Å². The maximum absolute atomic E-state index is 14.2. The van der Waals surface area contributed by atoms with Crippen LogP contribution in [-0.4, -0.2) is 25.2 Å². The zero-order valence-corrected chi connectivity index (χ0v) is 15.2. The number of aromatic nitrogens is 4. The van der Waals surface area contributed by atoms with Crippen molar-refractivity contribution in [3.63, 3.8) is 0 Å². The van der Waals surface area contributed by atoms with E-state index in [1.54, 1.807) is 25.3 Å². The Kier molecular flexibility index (Phi) is 4.17. The number of rotatable bonds is 2. The number of aryl methyl sites for hydroxylation is 1. The summed E-state index contributed by atoms with van der Waals surface area (Å²) in [6.45, 7) is 3.25. The normalized spacial score (nSPS) is 14.6. The molecule has 0 radical (unpaired) electrons. The second kappa shape index (κ2) is 6.55. The molecule has 7 nitrogen and oxygen atoms in total. The Morgan fingerprint density at radius 2 is 2.11 bits per heavy atom. The van der Waals surface area contributed by atoms with Crippen LogP contribution in [0.1, 0.15) is 40.9 Å². The molecule has 28 heavy (non-hydrogen) atoms. The van der Waals surface area contributed by atoms with Crippen LogP contribution in [0, 0.1) is 24.6 Å². The number of nitrogens with zero attached hydrogens (tertiary/aromatic N) is 4. The number of pyridine rings is 1. The molecule has 8 heteroatoms. The Morgan fingerprint density at radius 1 is 1.29 bits per heavy atom. The molecule has 0 bridgehead atoms. The topological polar surface area (TPSA) is 111 Å². The number of hydrogen-bond acceptors (Lipinski definition) is 7. The molecule has 1 atom stereocenters. The Bertz CT molecular complexity index is 1170. The zero-order chi connectivity index (χ0) is 19.9. The predicted octanol–water partition coefficient (Wildman–Crippen LogP) is 2.14. The lowest BCUT2D eigenvalue weighted by molar-refractivity contribution is 0.112. The monoisotopic (exact) mass is 377 g/mol. The van der Waals surface area contributed by atoms with Crippen molar-refractivity contribution in [3.8, 4) is 11.8 Å². The molecule has 3 aromatic rings. The molecule has 0 spiro atoms. The SMILES string of the molecule is Cc1cc(C(C)(O)C#Cc2cc3c(cn2)CC=C3c2nc(N)ncc2F)no1. The highest BCUT2D eigenvalue weighted by atomic mass is 19.1. The molecule has 0 aromatic carbocycles. The van der Waals surface area contributed by atoms with Crippen molar-refractivity contribution in [2.24, 2.45) is 0 Å². The van der Waals surface area contributed by atoms with E-state index >= 15 is 0 Å². The Hall–Kier alpha value is -3.57. The average Bonchev–Trinajstić information content (AvgIpc) is 3.28. The lowest BCUT2D eigenvalue weighted by Crippen LogP contribution is -2.18. The molecule has 1 aliphatic rings. The lowest BCUT2D eigenvalue weighted by Gasteiger charge is -2.11. The molecule has 3 N–H and O–H groups in total. The van der Waals surface area contributed by atoms with Crippen LogP contribution in [0.5, 0.6) is 0 Å². The fourth-order valence-corrected chi connectivity index (χ4v) is 2.93. The quantitative estimate of drug-likeness (QED) is 0.658. The van der Waals surface area contributed by atoms with Gasteiger partial charge in [0.1, 0.15) is 22.8 Å². The Labute approximate surface area is 160 Å². The summed E-state index contributed by atoms with van der Waals surface area (Å²) >= 11 is 0. The highest BCUT2D eigenvalue weighted by Gasteiger charge is 2.25. The number of nitrogens with two attached hydrogens (primary N) is 1.